The Kier molecular flexibility index (Phi) is 3.40. The maximum Gasteiger partial charge on any atom is 0.322 e. The molecular weight excluding hydrogens is 260 g/mol. The number of sulfonamides is 1. The van der Waals surface area contributed by atoms with E-state index in [1.165, 1.54) is 6.07 Å². The fourth-order valence-corrected chi connectivity index (χ4v) is 3.74. The molecule has 0 bridgehead atoms. The van der Waals surface area contributed by atoms with Crippen molar-refractivity contribution in [1.29, 1.82) is 0 Å². The standard InChI is InChI=1S/C10H14N2O5S/c1-7-5-8(11-17-7)6-18(15,16)12-4-2-3-9(12)10(13)14/h5,9H,2-4,6H2,1H3,(H,13,14)/t9-/m0/s1. The highest BCUT2D eigenvalue weighted by molar-refractivity contribution is 7.88. The van der Waals surface area contributed by atoms with Crippen molar-refractivity contribution in [3.63, 3.8) is 0 Å². The molecule has 1 aliphatic rings. The van der Waals surface area contributed by atoms with Crippen LogP contribution in [0.3, 0.4) is 0 Å². The lowest BCUT2D eigenvalue weighted by atomic mass is 10.2. The van der Waals surface area contributed by atoms with Gasteiger partial charge in [0, 0.05) is 12.6 Å². The predicted octanol–water partition coefficient (Wildman–Crippen LogP) is 0.362. The van der Waals surface area contributed by atoms with E-state index in [-0.39, 0.29) is 12.3 Å². The average Bonchev–Trinajstić information content (AvgIpc) is 2.86. The Bertz CT molecular complexity index is 550. The van der Waals surface area contributed by atoms with Gasteiger partial charge in [-0.15, -0.1) is 0 Å². The van der Waals surface area contributed by atoms with Crippen LogP contribution >= 0.6 is 0 Å². The summed E-state index contributed by atoms with van der Waals surface area (Å²) in [5, 5.41) is 12.6. The molecule has 2 heterocycles. The van der Waals surface area contributed by atoms with Crippen LogP contribution in [0.25, 0.3) is 0 Å². The SMILES string of the molecule is Cc1cc(CS(=O)(=O)N2CCC[C@H]2C(=O)O)no1. The van der Waals surface area contributed by atoms with Crippen LogP contribution in [0, 0.1) is 6.92 Å². The summed E-state index contributed by atoms with van der Waals surface area (Å²) in [6, 6.07) is 0.576. The molecule has 1 saturated heterocycles. The Hall–Kier alpha value is -1.41. The highest BCUT2D eigenvalue weighted by atomic mass is 32.2. The number of hydrogen-bond donors (Lipinski definition) is 1. The van der Waals surface area contributed by atoms with Crippen molar-refractivity contribution < 1.29 is 22.8 Å². The van der Waals surface area contributed by atoms with Crippen LogP contribution in [-0.4, -0.2) is 41.5 Å². The zero-order valence-corrected chi connectivity index (χ0v) is 10.7. The number of carboxylic acids is 1. The van der Waals surface area contributed by atoms with Gasteiger partial charge in [0.1, 0.15) is 23.2 Å². The summed E-state index contributed by atoms with van der Waals surface area (Å²) < 4.78 is 30.1. The van der Waals surface area contributed by atoms with E-state index in [1.54, 1.807) is 6.92 Å². The molecule has 1 fully saturated rings. The van der Waals surface area contributed by atoms with Crippen LogP contribution in [0.5, 0.6) is 0 Å². The lowest BCUT2D eigenvalue weighted by Crippen LogP contribution is -2.40. The fraction of sp³-hybridized carbons (Fsp3) is 0.600. The third-order valence-corrected chi connectivity index (χ3v) is 4.67. The molecule has 0 unspecified atom stereocenters. The summed E-state index contributed by atoms with van der Waals surface area (Å²) in [6.07, 6.45) is 0.917. The van der Waals surface area contributed by atoms with Crippen LogP contribution in [0.1, 0.15) is 24.3 Å². The van der Waals surface area contributed by atoms with Gasteiger partial charge in [-0.25, -0.2) is 8.42 Å². The summed E-state index contributed by atoms with van der Waals surface area (Å²) in [5.74, 6) is -0.905. The van der Waals surface area contributed by atoms with E-state index < -0.39 is 22.0 Å². The number of nitrogens with zero attached hydrogens (tertiary/aromatic N) is 2. The molecule has 0 radical (unpaired) electrons. The molecule has 0 aliphatic carbocycles. The first-order valence-corrected chi connectivity index (χ1v) is 7.15. The van der Waals surface area contributed by atoms with Crippen molar-refractivity contribution in [1.82, 2.24) is 9.46 Å². The lowest BCUT2D eigenvalue weighted by molar-refractivity contribution is -0.140. The van der Waals surface area contributed by atoms with Gasteiger partial charge in [0.05, 0.1) is 0 Å². The monoisotopic (exact) mass is 274 g/mol. The number of aliphatic carboxylic acids is 1. The molecule has 100 valence electrons. The van der Waals surface area contributed by atoms with Crippen molar-refractivity contribution in [3.05, 3.63) is 17.5 Å². The summed E-state index contributed by atoms with van der Waals surface area (Å²) >= 11 is 0. The third kappa shape index (κ3) is 2.54. The Morgan fingerprint density at radius 2 is 2.39 bits per heavy atom. The second kappa shape index (κ2) is 4.69. The third-order valence-electron chi connectivity index (χ3n) is 2.85. The maximum absolute atomic E-state index is 12.1. The Morgan fingerprint density at radius 1 is 1.67 bits per heavy atom. The zero-order chi connectivity index (χ0) is 13.3. The van der Waals surface area contributed by atoms with E-state index in [0.29, 0.717) is 24.3 Å². The van der Waals surface area contributed by atoms with E-state index in [0.717, 1.165) is 4.31 Å². The molecule has 1 aliphatic heterocycles. The topological polar surface area (TPSA) is 101 Å². The van der Waals surface area contributed by atoms with E-state index in [1.807, 2.05) is 0 Å². The number of rotatable bonds is 4. The minimum Gasteiger partial charge on any atom is -0.480 e. The van der Waals surface area contributed by atoms with Gasteiger partial charge < -0.3 is 9.63 Å². The van der Waals surface area contributed by atoms with Crippen LogP contribution in [0.15, 0.2) is 10.6 Å². The molecule has 0 spiro atoms. The van der Waals surface area contributed by atoms with E-state index in [2.05, 4.69) is 5.16 Å². The summed E-state index contributed by atoms with van der Waals surface area (Å²) in [7, 11) is -3.66. The van der Waals surface area contributed by atoms with E-state index in [9.17, 15) is 13.2 Å². The number of aromatic nitrogens is 1. The molecule has 7 nitrogen and oxygen atoms in total. The Labute approximate surface area is 104 Å². The minimum atomic E-state index is -3.66. The smallest absolute Gasteiger partial charge is 0.322 e. The molecule has 0 aromatic carbocycles. The van der Waals surface area contributed by atoms with Crippen molar-refractivity contribution in [3.8, 4) is 0 Å². The maximum atomic E-state index is 12.1. The largest absolute Gasteiger partial charge is 0.480 e. The van der Waals surface area contributed by atoms with Crippen LogP contribution in [0.2, 0.25) is 0 Å². The highest BCUT2D eigenvalue weighted by Gasteiger charge is 2.38. The van der Waals surface area contributed by atoms with Crippen molar-refractivity contribution in [2.24, 2.45) is 0 Å². The van der Waals surface area contributed by atoms with E-state index in [4.69, 9.17) is 9.63 Å². The van der Waals surface area contributed by atoms with Gasteiger partial charge in [-0.1, -0.05) is 5.16 Å². The van der Waals surface area contributed by atoms with Gasteiger partial charge in [-0.3, -0.25) is 4.79 Å². The van der Waals surface area contributed by atoms with Crippen molar-refractivity contribution >= 4 is 16.0 Å². The van der Waals surface area contributed by atoms with Gasteiger partial charge in [-0.05, 0) is 19.8 Å². The van der Waals surface area contributed by atoms with E-state index >= 15 is 0 Å². The van der Waals surface area contributed by atoms with Crippen LogP contribution in [0.4, 0.5) is 0 Å². The average molecular weight is 274 g/mol. The van der Waals surface area contributed by atoms with Crippen LogP contribution < -0.4 is 0 Å². The first kappa shape index (κ1) is 13.0. The Balaban J connectivity index is 2.18. The van der Waals surface area contributed by atoms with Gasteiger partial charge in [0.15, 0.2) is 0 Å². The fourth-order valence-electron chi connectivity index (χ4n) is 2.08. The molecule has 1 N–H and O–H groups in total. The highest BCUT2D eigenvalue weighted by Crippen LogP contribution is 2.23. The molecular formula is C10H14N2O5S. The normalized spacial score (nSPS) is 21.3. The molecule has 8 heteroatoms. The summed E-state index contributed by atoms with van der Waals surface area (Å²) in [4.78, 5) is 11.0. The van der Waals surface area contributed by atoms with Crippen LogP contribution in [-0.2, 0) is 20.6 Å². The molecule has 18 heavy (non-hydrogen) atoms. The number of aryl methyl sites for hydroxylation is 1. The summed E-state index contributed by atoms with van der Waals surface area (Å²) in [6.45, 7) is 1.91. The van der Waals surface area contributed by atoms with Gasteiger partial charge in [0.2, 0.25) is 10.0 Å². The van der Waals surface area contributed by atoms with Crippen molar-refractivity contribution in [2.45, 2.75) is 31.6 Å². The predicted molar refractivity (Wildman–Crippen MR) is 61.2 cm³/mol. The molecule has 1 aromatic rings. The van der Waals surface area contributed by atoms with Crippen molar-refractivity contribution in [2.75, 3.05) is 6.54 Å². The summed E-state index contributed by atoms with van der Waals surface area (Å²) in [5.41, 5.74) is 0.295. The molecule has 2 rings (SSSR count). The second-order valence-corrected chi connectivity index (χ2v) is 6.21. The molecule has 0 saturated carbocycles. The lowest BCUT2D eigenvalue weighted by Gasteiger charge is -2.20. The number of hydrogen-bond acceptors (Lipinski definition) is 5. The number of carbonyl (C=O) groups is 1. The molecule has 0 amide bonds. The first-order valence-electron chi connectivity index (χ1n) is 5.54. The molecule has 1 atom stereocenters. The minimum absolute atomic E-state index is 0.246. The second-order valence-electron chi connectivity index (χ2n) is 4.29. The van der Waals surface area contributed by atoms with Gasteiger partial charge in [0.25, 0.3) is 0 Å². The van der Waals surface area contributed by atoms with Gasteiger partial charge in [-0.2, -0.15) is 4.31 Å². The zero-order valence-electron chi connectivity index (χ0n) is 9.87. The van der Waals surface area contributed by atoms with Gasteiger partial charge >= 0.3 is 5.97 Å². The quantitative estimate of drug-likeness (QED) is 0.850. The first-order chi connectivity index (χ1) is 8.40. The molecule has 1 aromatic heterocycles. The number of carboxylic acid groups (broad SMARTS) is 1. The Morgan fingerprint density at radius 3 is 2.94 bits per heavy atom.